The Morgan fingerprint density at radius 3 is 2.79 bits per heavy atom. The summed E-state index contributed by atoms with van der Waals surface area (Å²) in [5, 5.41) is 0.318. The molecule has 0 radical (unpaired) electrons. The van der Waals surface area contributed by atoms with Crippen molar-refractivity contribution < 1.29 is 0 Å². The lowest BCUT2D eigenvalue weighted by Crippen LogP contribution is -2.34. The first-order valence-electron chi connectivity index (χ1n) is 4.98. The Morgan fingerprint density at radius 1 is 1.43 bits per heavy atom. The molecule has 1 aromatic rings. The highest BCUT2D eigenvalue weighted by molar-refractivity contribution is 6.28. The van der Waals surface area contributed by atoms with Gasteiger partial charge >= 0.3 is 0 Å². The lowest BCUT2D eigenvalue weighted by Gasteiger charge is -2.32. The Bertz CT molecular complexity index is 299. The maximum Gasteiger partial charge on any atom is 0.222 e. The van der Waals surface area contributed by atoms with Crippen LogP contribution in [0.3, 0.4) is 0 Å². The van der Waals surface area contributed by atoms with E-state index in [1.54, 1.807) is 12.4 Å². The van der Waals surface area contributed by atoms with Crippen LogP contribution >= 0.6 is 11.6 Å². The molecule has 3 nitrogen and oxygen atoms in total. The first-order valence-corrected chi connectivity index (χ1v) is 5.36. The third kappa shape index (κ3) is 2.15. The summed E-state index contributed by atoms with van der Waals surface area (Å²) in [5.41, 5.74) is 1.08. The van der Waals surface area contributed by atoms with E-state index in [9.17, 15) is 0 Å². The minimum absolute atomic E-state index is 0.318. The molecular weight excluding hydrogens is 198 g/mol. The zero-order chi connectivity index (χ0) is 9.97. The van der Waals surface area contributed by atoms with Crippen LogP contribution in [0.2, 0.25) is 5.28 Å². The summed E-state index contributed by atoms with van der Waals surface area (Å²) < 4.78 is 0. The van der Waals surface area contributed by atoms with Crippen LogP contribution < -0.4 is 4.90 Å². The predicted molar refractivity (Wildman–Crippen MR) is 57.7 cm³/mol. The van der Waals surface area contributed by atoms with Crippen molar-refractivity contribution in [1.29, 1.82) is 0 Å². The molecule has 0 amide bonds. The number of rotatable bonds is 1. The van der Waals surface area contributed by atoms with Gasteiger partial charge in [0, 0.05) is 13.1 Å². The van der Waals surface area contributed by atoms with E-state index < -0.39 is 0 Å². The first-order chi connectivity index (χ1) is 6.75. The van der Waals surface area contributed by atoms with Crippen LogP contribution in [-0.4, -0.2) is 23.1 Å². The van der Waals surface area contributed by atoms with Crippen LogP contribution in [0.4, 0.5) is 5.69 Å². The average Bonchev–Trinajstić information content (AvgIpc) is 2.19. The molecule has 1 fully saturated rings. The molecule has 1 aliphatic rings. The Kier molecular flexibility index (Phi) is 2.87. The SMILES string of the molecule is CC1CCCN(c2cnc(Cl)nc2)C1. The van der Waals surface area contributed by atoms with Gasteiger partial charge in [-0.2, -0.15) is 0 Å². The van der Waals surface area contributed by atoms with Crippen molar-refractivity contribution in [3.8, 4) is 0 Å². The topological polar surface area (TPSA) is 29.0 Å². The maximum atomic E-state index is 5.64. The van der Waals surface area contributed by atoms with E-state index in [4.69, 9.17) is 11.6 Å². The van der Waals surface area contributed by atoms with Crippen LogP contribution in [0.15, 0.2) is 12.4 Å². The number of piperidine rings is 1. The smallest absolute Gasteiger partial charge is 0.222 e. The fourth-order valence-corrected chi connectivity index (χ4v) is 1.99. The van der Waals surface area contributed by atoms with E-state index in [0.29, 0.717) is 5.28 Å². The molecule has 0 saturated carbocycles. The van der Waals surface area contributed by atoms with E-state index in [1.165, 1.54) is 12.8 Å². The van der Waals surface area contributed by atoms with Crippen molar-refractivity contribution >= 4 is 17.3 Å². The summed E-state index contributed by atoms with van der Waals surface area (Å²) in [5.74, 6) is 0.763. The van der Waals surface area contributed by atoms with Crippen molar-refractivity contribution in [3.63, 3.8) is 0 Å². The Balaban J connectivity index is 2.10. The second kappa shape index (κ2) is 4.13. The zero-order valence-corrected chi connectivity index (χ0v) is 9.04. The Labute approximate surface area is 89.1 Å². The van der Waals surface area contributed by atoms with Gasteiger partial charge in [0.05, 0.1) is 18.1 Å². The monoisotopic (exact) mass is 211 g/mol. The predicted octanol–water partition coefficient (Wildman–Crippen LogP) is 2.37. The summed E-state index contributed by atoms with van der Waals surface area (Å²) >= 11 is 5.64. The Hall–Kier alpha value is -0.830. The van der Waals surface area contributed by atoms with Gasteiger partial charge in [0.1, 0.15) is 0 Å². The summed E-state index contributed by atoms with van der Waals surface area (Å²) in [6.07, 6.45) is 6.18. The maximum absolute atomic E-state index is 5.64. The van der Waals surface area contributed by atoms with E-state index in [1.807, 2.05) is 0 Å². The molecule has 0 bridgehead atoms. The summed E-state index contributed by atoms with van der Waals surface area (Å²) in [4.78, 5) is 10.3. The van der Waals surface area contributed by atoms with Gasteiger partial charge in [-0.05, 0) is 30.4 Å². The molecule has 14 heavy (non-hydrogen) atoms. The van der Waals surface area contributed by atoms with Crippen LogP contribution in [0.1, 0.15) is 19.8 Å². The molecule has 1 unspecified atom stereocenters. The fraction of sp³-hybridized carbons (Fsp3) is 0.600. The number of halogens is 1. The number of hydrogen-bond donors (Lipinski definition) is 0. The van der Waals surface area contributed by atoms with Gasteiger partial charge in [-0.25, -0.2) is 9.97 Å². The first kappa shape index (κ1) is 9.71. The molecule has 4 heteroatoms. The van der Waals surface area contributed by atoms with Gasteiger partial charge in [0.2, 0.25) is 5.28 Å². The van der Waals surface area contributed by atoms with Crippen molar-refractivity contribution in [1.82, 2.24) is 9.97 Å². The van der Waals surface area contributed by atoms with Crippen LogP contribution in [0.5, 0.6) is 0 Å². The number of hydrogen-bond acceptors (Lipinski definition) is 3. The molecule has 1 saturated heterocycles. The average molecular weight is 212 g/mol. The van der Waals surface area contributed by atoms with Crippen LogP contribution in [-0.2, 0) is 0 Å². The number of aromatic nitrogens is 2. The van der Waals surface area contributed by atoms with E-state index in [-0.39, 0.29) is 0 Å². The normalized spacial score (nSPS) is 22.4. The zero-order valence-electron chi connectivity index (χ0n) is 8.28. The molecule has 0 spiro atoms. The molecule has 76 valence electrons. The summed E-state index contributed by atoms with van der Waals surface area (Å²) in [6.45, 7) is 4.49. The second-order valence-electron chi connectivity index (χ2n) is 3.90. The molecule has 2 rings (SSSR count). The third-order valence-corrected chi connectivity index (χ3v) is 2.82. The lowest BCUT2D eigenvalue weighted by atomic mass is 10.0. The fourth-order valence-electron chi connectivity index (χ4n) is 1.89. The highest BCUT2D eigenvalue weighted by Crippen LogP contribution is 2.21. The van der Waals surface area contributed by atoms with Crippen molar-refractivity contribution in [2.24, 2.45) is 5.92 Å². The van der Waals surface area contributed by atoms with Crippen LogP contribution in [0, 0.1) is 5.92 Å². The highest BCUT2D eigenvalue weighted by atomic mass is 35.5. The molecule has 0 N–H and O–H groups in total. The lowest BCUT2D eigenvalue weighted by molar-refractivity contribution is 0.446. The minimum atomic E-state index is 0.318. The van der Waals surface area contributed by atoms with Gasteiger partial charge < -0.3 is 4.90 Å². The minimum Gasteiger partial charge on any atom is -0.369 e. The molecule has 0 aliphatic carbocycles. The molecule has 0 aromatic carbocycles. The summed E-state index contributed by atoms with van der Waals surface area (Å²) in [7, 11) is 0. The van der Waals surface area contributed by atoms with Gasteiger partial charge in [-0.1, -0.05) is 6.92 Å². The second-order valence-corrected chi connectivity index (χ2v) is 4.24. The van der Waals surface area contributed by atoms with Gasteiger partial charge in [0.15, 0.2) is 0 Å². The van der Waals surface area contributed by atoms with E-state index >= 15 is 0 Å². The standard InChI is InChI=1S/C10H14ClN3/c1-8-3-2-4-14(7-8)9-5-12-10(11)13-6-9/h5-6,8H,2-4,7H2,1H3. The highest BCUT2D eigenvalue weighted by Gasteiger charge is 2.16. The van der Waals surface area contributed by atoms with Crippen molar-refractivity contribution in [2.45, 2.75) is 19.8 Å². The Morgan fingerprint density at radius 2 is 2.14 bits per heavy atom. The molecule has 1 atom stereocenters. The van der Waals surface area contributed by atoms with Crippen molar-refractivity contribution in [3.05, 3.63) is 17.7 Å². The van der Waals surface area contributed by atoms with E-state index in [0.717, 1.165) is 24.7 Å². The molecule has 1 aliphatic heterocycles. The van der Waals surface area contributed by atoms with Crippen LogP contribution in [0.25, 0.3) is 0 Å². The number of nitrogens with zero attached hydrogens (tertiary/aromatic N) is 3. The van der Waals surface area contributed by atoms with E-state index in [2.05, 4.69) is 21.8 Å². The largest absolute Gasteiger partial charge is 0.369 e. The quantitative estimate of drug-likeness (QED) is 0.668. The molecule has 1 aromatic heterocycles. The molecular formula is C10H14ClN3. The number of anilines is 1. The van der Waals surface area contributed by atoms with Gasteiger partial charge in [-0.3, -0.25) is 0 Å². The van der Waals surface area contributed by atoms with Crippen molar-refractivity contribution in [2.75, 3.05) is 18.0 Å². The third-order valence-electron chi connectivity index (χ3n) is 2.63. The molecule has 2 heterocycles. The summed E-state index contributed by atoms with van der Waals surface area (Å²) in [6, 6.07) is 0. The van der Waals surface area contributed by atoms with Gasteiger partial charge in [0.25, 0.3) is 0 Å². The van der Waals surface area contributed by atoms with Gasteiger partial charge in [-0.15, -0.1) is 0 Å².